The number of carbonyl (C=O) groups is 1. The normalized spacial score (nSPS) is 10.9. The number of imidazole rings is 1. The molecule has 0 atom stereocenters. The van der Waals surface area contributed by atoms with Crippen LogP contribution in [0.15, 0.2) is 41.3 Å². The Kier molecular flexibility index (Phi) is 3.76. The number of hydrogen-bond acceptors (Lipinski definition) is 3. The van der Waals surface area contributed by atoms with E-state index in [0.29, 0.717) is 10.7 Å². The number of fused-ring (bicyclic) bond motifs is 1. The lowest BCUT2D eigenvalue weighted by Gasteiger charge is -2.13. The van der Waals surface area contributed by atoms with E-state index >= 15 is 0 Å². The predicted molar refractivity (Wildman–Crippen MR) is 86.1 cm³/mol. The van der Waals surface area contributed by atoms with Crippen molar-refractivity contribution in [3.8, 4) is 0 Å². The van der Waals surface area contributed by atoms with Gasteiger partial charge in [0.1, 0.15) is 0 Å². The second kappa shape index (κ2) is 5.58. The molecule has 3 aromatic rings. The second-order valence-corrected chi connectivity index (χ2v) is 5.83. The van der Waals surface area contributed by atoms with Crippen molar-refractivity contribution in [2.75, 3.05) is 5.32 Å². The molecule has 0 unspecified atom stereocenters. The Morgan fingerprint density at radius 1 is 1.45 bits per heavy atom. The van der Waals surface area contributed by atoms with E-state index < -0.39 is 11.7 Å². The van der Waals surface area contributed by atoms with Gasteiger partial charge in [0.15, 0.2) is 11.5 Å². The van der Waals surface area contributed by atoms with Crippen LogP contribution in [0.5, 0.6) is 0 Å². The van der Waals surface area contributed by atoms with Crippen LogP contribution in [0.25, 0.3) is 5.65 Å². The van der Waals surface area contributed by atoms with Crippen molar-refractivity contribution in [2.45, 2.75) is 0 Å². The Bertz CT molecular complexity index is 896. The maximum absolute atomic E-state index is 14.6. The summed E-state index contributed by atoms with van der Waals surface area (Å²) in [4.78, 5) is 15.5. The van der Waals surface area contributed by atoms with Gasteiger partial charge in [0.2, 0.25) is 0 Å². The number of aromatic nitrogens is 2. The first-order valence-electron chi connectivity index (χ1n) is 6.14. The van der Waals surface area contributed by atoms with Crippen molar-refractivity contribution in [3.05, 3.63) is 57.7 Å². The molecule has 1 amide bonds. The molecule has 1 aromatic carbocycles. The molecule has 0 bridgehead atoms. The van der Waals surface area contributed by atoms with Crippen molar-refractivity contribution in [1.29, 1.82) is 0 Å². The summed E-state index contributed by atoms with van der Waals surface area (Å²) in [7, 11) is 0. The fourth-order valence-corrected chi connectivity index (χ4v) is 2.78. The van der Waals surface area contributed by atoms with E-state index in [9.17, 15) is 9.18 Å². The molecule has 8 heteroatoms. The summed E-state index contributed by atoms with van der Waals surface area (Å²) >= 11 is 9.40. The van der Waals surface area contributed by atoms with E-state index in [-0.39, 0.29) is 16.9 Å². The Labute approximate surface area is 138 Å². The van der Waals surface area contributed by atoms with Crippen molar-refractivity contribution < 1.29 is 9.18 Å². The minimum absolute atomic E-state index is 0.00184. The van der Waals surface area contributed by atoms with Crippen molar-refractivity contribution in [1.82, 2.24) is 9.38 Å². The summed E-state index contributed by atoms with van der Waals surface area (Å²) < 4.78 is 16.8. The molecule has 0 aliphatic rings. The number of benzene rings is 1. The topological polar surface area (TPSA) is 72.4 Å². The van der Waals surface area contributed by atoms with E-state index in [4.69, 9.17) is 17.3 Å². The number of carbonyl (C=O) groups excluding carboxylic acids is 1. The van der Waals surface area contributed by atoms with Crippen LogP contribution >= 0.6 is 27.5 Å². The number of halogens is 3. The number of pyridine rings is 1. The third-order valence-corrected chi connectivity index (χ3v) is 3.88. The molecular formula is C14H9BrClFN4O. The summed E-state index contributed by atoms with van der Waals surface area (Å²) in [5.41, 5.74) is 5.81. The van der Waals surface area contributed by atoms with Crippen LogP contribution in [0.2, 0.25) is 5.02 Å². The highest BCUT2D eigenvalue weighted by Crippen LogP contribution is 2.32. The number of amides is 1. The zero-order chi connectivity index (χ0) is 15.9. The fourth-order valence-electron chi connectivity index (χ4n) is 2.06. The van der Waals surface area contributed by atoms with Gasteiger partial charge in [-0.2, -0.15) is 0 Å². The average Bonchev–Trinajstić information content (AvgIpc) is 2.92. The molecule has 0 aliphatic heterocycles. The molecule has 22 heavy (non-hydrogen) atoms. The number of primary amides is 1. The summed E-state index contributed by atoms with van der Waals surface area (Å²) in [6.45, 7) is 0. The van der Waals surface area contributed by atoms with Crippen LogP contribution in [0, 0.1) is 5.82 Å². The smallest absolute Gasteiger partial charge is 0.252 e. The molecule has 3 N–H and O–H groups in total. The monoisotopic (exact) mass is 382 g/mol. The van der Waals surface area contributed by atoms with E-state index in [1.54, 1.807) is 18.2 Å². The summed E-state index contributed by atoms with van der Waals surface area (Å²) in [6.07, 6.45) is 4.38. The standard InChI is InChI=1S/C14H9BrClFN4O/c15-7-1-2-10(9(16)5-7)20-12-8(13(18)22)6-21-4-3-19-14(21)11(12)17/h1-6,20H,(H2,18,22). The Morgan fingerprint density at radius 2 is 2.23 bits per heavy atom. The van der Waals surface area contributed by atoms with E-state index in [1.165, 1.54) is 23.0 Å². The maximum atomic E-state index is 14.6. The molecular weight excluding hydrogens is 375 g/mol. The zero-order valence-electron chi connectivity index (χ0n) is 11.0. The Hall–Kier alpha value is -2.12. The van der Waals surface area contributed by atoms with Crippen LogP contribution in [0.4, 0.5) is 15.8 Å². The van der Waals surface area contributed by atoms with Crippen molar-refractivity contribution in [3.63, 3.8) is 0 Å². The quantitative estimate of drug-likeness (QED) is 0.724. The number of nitrogens with two attached hydrogens (primary N) is 1. The van der Waals surface area contributed by atoms with Gasteiger partial charge in [-0.25, -0.2) is 9.37 Å². The second-order valence-electron chi connectivity index (χ2n) is 4.50. The molecule has 0 radical (unpaired) electrons. The summed E-state index contributed by atoms with van der Waals surface area (Å²) in [5.74, 6) is -1.44. The number of rotatable bonds is 3. The van der Waals surface area contributed by atoms with E-state index in [0.717, 1.165) is 4.47 Å². The first kappa shape index (κ1) is 14.8. The van der Waals surface area contributed by atoms with Gasteiger partial charge in [-0.3, -0.25) is 4.79 Å². The van der Waals surface area contributed by atoms with Crippen LogP contribution in [-0.4, -0.2) is 15.3 Å². The first-order chi connectivity index (χ1) is 10.5. The fraction of sp³-hybridized carbons (Fsp3) is 0. The zero-order valence-corrected chi connectivity index (χ0v) is 13.3. The van der Waals surface area contributed by atoms with Crippen LogP contribution in [0.1, 0.15) is 10.4 Å². The molecule has 0 saturated carbocycles. The highest BCUT2D eigenvalue weighted by atomic mass is 79.9. The molecule has 5 nitrogen and oxygen atoms in total. The minimum Gasteiger partial charge on any atom is -0.365 e. The lowest BCUT2D eigenvalue weighted by atomic mass is 10.2. The van der Waals surface area contributed by atoms with Gasteiger partial charge < -0.3 is 15.5 Å². The molecule has 0 spiro atoms. The third kappa shape index (κ3) is 2.53. The molecule has 0 aliphatic carbocycles. The SMILES string of the molecule is NC(=O)c1cn2ccnc2c(F)c1Nc1ccc(Br)cc1Cl. The van der Waals surface area contributed by atoms with Gasteiger partial charge in [-0.05, 0) is 18.2 Å². The van der Waals surface area contributed by atoms with E-state index in [2.05, 4.69) is 26.2 Å². The molecule has 2 heterocycles. The third-order valence-electron chi connectivity index (χ3n) is 3.08. The van der Waals surface area contributed by atoms with Gasteiger partial charge in [-0.1, -0.05) is 27.5 Å². The van der Waals surface area contributed by atoms with Crippen LogP contribution < -0.4 is 11.1 Å². The summed E-state index contributed by atoms with van der Waals surface area (Å²) in [6, 6.07) is 5.05. The molecule has 112 valence electrons. The van der Waals surface area contributed by atoms with Crippen LogP contribution in [-0.2, 0) is 0 Å². The van der Waals surface area contributed by atoms with Crippen LogP contribution in [0.3, 0.4) is 0 Å². The summed E-state index contributed by atoms with van der Waals surface area (Å²) in [5, 5.41) is 3.19. The molecule has 0 saturated heterocycles. The van der Waals surface area contributed by atoms with Crippen molar-refractivity contribution in [2.24, 2.45) is 5.73 Å². The lowest BCUT2D eigenvalue weighted by Crippen LogP contribution is -2.16. The van der Waals surface area contributed by atoms with Crippen molar-refractivity contribution >= 4 is 50.5 Å². The Morgan fingerprint density at radius 3 is 2.91 bits per heavy atom. The maximum Gasteiger partial charge on any atom is 0.252 e. The van der Waals surface area contributed by atoms with E-state index in [1.807, 2.05) is 0 Å². The van der Waals surface area contributed by atoms with Gasteiger partial charge in [0.05, 0.1) is 22.0 Å². The number of nitrogens with zero attached hydrogens (tertiary/aromatic N) is 2. The lowest BCUT2D eigenvalue weighted by molar-refractivity contribution is 0.100. The predicted octanol–water partition coefficient (Wildman–Crippen LogP) is 3.73. The number of anilines is 2. The van der Waals surface area contributed by atoms with Gasteiger partial charge >= 0.3 is 0 Å². The highest BCUT2D eigenvalue weighted by molar-refractivity contribution is 9.10. The number of hydrogen-bond donors (Lipinski definition) is 2. The largest absolute Gasteiger partial charge is 0.365 e. The first-order valence-corrected chi connectivity index (χ1v) is 7.31. The molecule has 0 fully saturated rings. The average molecular weight is 384 g/mol. The highest BCUT2D eigenvalue weighted by Gasteiger charge is 2.19. The van der Waals surface area contributed by atoms with Gasteiger partial charge in [0.25, 0.3) is 5.91 Å². The van der Waals surface area contributed by atoms with Gasteiger partial charge in [-0.15, -0.1) is 0 Å². The van der Waals surface area contributed by atoms with Gasteiger partial charge in [0, 0.05) is 23.1 Å². The molecule has 3 rings (SSSR count). The molecule has 2 aromatic heterocycles. The number of nitrogens with one attached hydrogen (secondary N) is 1. The minimum atomic E-state index is -0.759. The Balaban J connectivity index is 2.18.